The highest BCUT2D eigenvalue weighted by Crippen LogP contribution is 2.21. The number of sulfone groups is 1. The summed E-state index contributed by atoms with van der Waals surface area (Å²) in [5.41, 5.74) is 5.89. The Labute approximate surface area is 158 Å². The van der Waals surface area contributed by atoms with Crippen LogP contribution >= 0.6 is 0 Å². The number of carbonyl (C=O) groups excluding carboxylic acids is 3. The monoisotopic (exact) mass is 399 g/mol. The second-order valence-corrected chi connectivity index (χ2v) is 8.21. The van der Waals surface area contributed by atoms with Crippen LogP contribution in [0, 0.1) is 6.92 Å². The Hall–Kier alpha value is -2.62. The lowest BCUT2D eigenvalue weighted by molar-refractivity contribution is -0.122. The number of amides is 4. The molecule has 1 aromatic rings. The molecule has 10 heteroatoms. The summed E-state index contributed by atoms with van der Waals surface area (Å²) in [6, 6.07) is 3.65. The van der Waals surface area contributed by atoms with E-state index in [1.165, 1.54) is 12.1 Å². The summed E-state index contributed by atoms with van der Waals surface area (Å²) in [7, 11) is -3.44. The van der Waals surface area contributed by atoms with Gasteiger partial charge in [0.1, 0.15) is 11.5 Å². The Kier molecular flexibility index (Phi) is 8.73. The number of anilines is 1. The Bertz CT molecular complexity index is 792. The average Bonchev–Trinajstić information content (AvgIpc) is 2.54. The third-order valence-electron chi connectivity index (χ3n) is 3.51. The summed E-state index contributed by atoms with van der Waals surface area (Å²) >= 11 is 0. The summed E-state index contributed by atoms with van der Waals surface area (Å²) in [4.78, 5) is 33.8. The molecule has 0 aliphatic carbocycles. The van der Waals surface area contributed by atoms with Crippen LogP contribution in [0.15, 0.2) is 18.2 Å². The molecule has 0 atom stereocenters. The van der Waals surface area contributed by atoms with Gasteiger partial charge < -0.3 is 15.8 Å². The molecular weight excluding hydrogens is 374 g/mol. The van der Waals surface area contributed by atoms with E-state index in [4.69, 9.17) is 10.5 Å². The molecule has 0 radical (unpaired) electrons. The maximum Gasteiger partial charge on any atom is 0.318 e. The van der Waals surface area contributed by atoms with Crippen molar-refractivity contribution < 1.29 is 27.5 Å². The fourth-order valence-corrected chi connectivity index (χ4v) is 3.48. The van der Waals surface area contributed by atoms with Crippen LogP contribution in [0.2, 0.25) is 0 Å². The summed E-state index contributed by atoms with van der Waals surface area (Å²) in [6.07, 6.45) is 2.25. The van der Waals surface area contributed by atoms with Gasteiger partial charge in [-0.2, -0.15) is 0 Å². The minimum Gasteiger partial charge on any atom is -0.484 e. The van der Waals surface area contributed by atoms with Crippen LogP contribution in [-0.4, -0.2) is 44.4 Å². The van der Waals surface area contributed by atoms with Gasteiger partial charge in [0.25, 0.3) is 5.91 Å². The van der Waals surface area contributed by atoms with Crippen molar-refractivity contribution in [3.8, 4) is 5.75 Å². The largest absolute Gasteiger partial charge is 0.484 e. The van der Waals surface area contributed by atoms with Gasteiger partial charge in [-0.05, 0) is 37.1 Å². The SMILES string of the molecule is CCCCCS(=O)(=O)CC(=O)Nc1ccc(OCC(=O)NC(N)=O)cc1C. The van der Waals surface area contributed by atoms with Crippen molar-refractivity contribution in [1.82, 2.24) is 5.32 Å². The number of urea groups is 1. The van der Waals surface area contributed by atoms with E-state index in [0.29, 0.717) is 23.4 Å². The fraction of sp³-hybridized carbons (Fsp3) is 0.471. The number of imide groups is 1. The van der Waals surface area contributed by atoms with Crippen molar-refractivity contribution in [2.45, 2.75) is 33.1 Å². The Morgan fingerprint density at radius 3 is 2.44 bits per heavy atom. The molecule has 9 nitrogen and oxygen atoms in total. The zero-order valence-electron chi connectivity index (χ0n) is 15.4. The maximum atomic E-state index is 12.0. The van der Waals surface area contributed by atoms with Gasteiger partial charge in [-0.1, -0.05) is 19.8 Å². The molecule has 1 aromatic carbocycles. The van der Waals surface area contributed by atoms with Crippen LogP contribution in [0.1, 0.15) is 31.7 Å². The first-order valence-electron chi connectivity index (χ1n) is 8.46. The highest BCUT2D eigenvalue weighted by Gasteiger charge is 2.17. The summed E-state index contributed by atoms with van der Waals surface area (Å²) in [5, 5.41) is 4.43. The number of primary amides is 1. The number of hydrogen-bond acceptors (Lipinski definition) is 6. The molecule has 150 valence electrons. The minimum absolute atomic E-state index is 0.00656. The molecule has 0 saturated carbocycles. The van der Waals surface area contributed by atoms with E-state index in [2.05, 4.69) is 5.32 Å². The van der Waals surface area contributed by atoms with Gasteiger partial charge in [-0.3, -0.25) is 14.9 Å². The van der Waals surface area contributed by atoms with E-state index in [9.17, 15) is 22.8 Å². The molecule has 4 amide bonds. The van der Waals surface area contributed by atoms with Crippen LogP contribution in [0.3, 0.4) is 0 Å². The third-order valence-corrected chi connectivity index (χ3v) is 5.13. The zero-order chi connectivity index (χ0) is 20.4. The maximum absolute atomic E-state index is 12.0. The molecule has 0 bridgehead atoms. The van der Waals surface area contributed by atoms with Crippen molar-refractivity contribution in [2.24, 2.45) is 5.73 Å². The Morgan fingerprint density at radius 2 is 1.85 bits per heavy atom. The van der Waals surface area contributed by atoms with Crippen molar-refractivity contribution in [3.05, 3.63) is 23.8 Å². The number of rotatable bonds is 10. The van der Waals surface area contributed by atoms with Gasteiger partial charge in [0.05, 0.1) is 5.75 Å². The Morgan fingerprint density at radius 1 is 1.15 bits per heavy atom. The van der Waals surface area contributed by atoms with E-state index in [1.54, 1.807) is 13.0 Å². The lowest BCUT2D eigenvalue weighted by Crippen LogP contribution is -2.38. The Balaban J connectivity index is 2.60. The second-order valence-electron chi connectivity index (χ2n) is 6.03. The highest BCUT2D eigenvalue weighted by atomic mass is 32.2. The lowest BCUT2D eigenvalue weighted by atomic mass is 10.2. The number of nitrogens with two attached hydrogens (primary N) is 1. The number of hydrogen-bond donors (Lipinski definition) is 3. The van der Waals surface area contributed by atoms with Crippen LogP contribution in [0.5, 0.6) is 5.75 Å². The molecule has 0 spiro atoms. The van der Waals surface area contributed by atoms with Crippen molar-refractivity contribution in [1.29, 1.82) is 0 Å². The van der Waals surface area contributed by atoms with E-state index >= 15 is 0 Å². The number of nitrogens with one attached hydrogen (secondary N) is 2. The van der Waals surface area contributed by atoms with Crippen molar-refractivity contribution in [2.75, 3.05) is 23.4 Å². The topological polar surface area (TPSA) is 145 Å². The minimum atomic E-state index is -3.44. The summed E-state index contributed by atoms with van der Waals surface area (Å²) < 4.78 is 29.1. The van der Waals surface area contributed by atoms with Gasteiger partial charge in [0.15, 0.2) is 16.4 Å². The van der Waals surface area contributed by atoms with Crippen molar-refractivity contribution >= 4 is 33.4 Å². The highest BCUT2D eigenvalue weighted by molar-refractivity contribution is 7.92. The van der Waals surface area contributed by atoms with E-state index < -0.39 is 40.0 Å². The predicted octanol–water partition coefficient (Wildman–Crippen LogP) is 1.11. The zero-order valence-corrected chi connectivity index (χ0v) is 16.2. The predicted molar refractivity (Wildman–Crippen MR) is 101 cm³/mol. The fourth-order valence-electron chi connectivity index (χ4n) is 2.22. The third kappa shape index (κ3) is 9.04. The molecule has 0 unspecified atom stereocenters. The van der Waals surface area contributed by atoms with Gasteiger partial charge in [-0.25, -0.2) is 13.2 Å². The van der Waals surface area contributed by atoms with Gasteiger partial charge >= 0.3 is 6.03 Å². The lowest BCUT2D eigenvalue weighted by Gasteiger charge is -2.11. The van der Waals surface area contributed by atoms with Crippen LogP contribution in [-0.2, 0) is 19.4 Å². The van der Waals surface area contributed by atoms with Gasteiger partial charge in [0, 0.05) is 5.69 Å². The number of aryl methyl sites for hydroxylation is 1. The molecule has 1 rings (SSSR count). The van der Waals surface area contributed by atoms with E-state index in [-0.39, 0.29) is 5.75 Å². The normalized spacial score (nSPS) is 10.9. The molecule has 27 heavy (non-hydrogen) atoms. The smallest absolute Gasteiger partial charge is 0.318 e. The van der Waals surface area contributed by atoms with E-state index in [1.807, 2.05) is 12.2 Å². The molecule has 4 N–H and O–H groups in total. The second kappa shape index (κ2) is 10.5. The molecule has 0 saturated heterocycles. The molecule has 0 aliphatic rings. The number of ether oxygens (including phenoxy) is 1. The average molecular weight is 399 g/mol. The van der Waals surface area contributed by atoms with Crippen LogP contribution < -0.4 is 21.1 Å². The molecular formula is C17H25N3O6S. The number of unbranched alkanes of at least 4 members (excludes halogenated alkanes) is 2. The number of benzene rings is 1. The van der Waals surface area contributed by atoms with Crippen LogP contribution in [0.25, 0.3) is 0 Å². The summed E-state index contributed by atoms with van der Waals surface area (Å²) in [5.74, 6) is -1.53. The molecule has 0 heterocycles. The van der Waals surface area contributed by atoms with Gasteiger partial charge in [0.2, 0.25) is 5.91 Å². The van der Waals surface area contributed by atoms with Crippen LogP contribution in [0.4, 0.5) is 10.5 Å². The number of carbonyl (C=O) groups is 3. The molecule has 0 aliphatic heterocycles. The summed E-state index contributed by atoms with van der Waals surface area (Å²) in [6.45, 7) is 3.27. The first kappa shape index (κ1) is 22.4. The van der Waals surface area contributed by atoms with Gasteiger partial charge in [-0.15, -0.1) is 0 Å². The standard InChI is InChI=1S/C17H25N3O6S/c1-3-4-5-8-27(24,25)11-16(22)19-14-7-6-13(9-12(14)2)26-10-15(21)20-17(18)23/h6-7,9H,3-5,8,10-11H2,1-2H3,(H,19,22)(H3,18,20,21,23). The molecule has 0 fully saturated rings. The molecule has 0 aromatic heterocycles. The first-order chi connectivity index (χ1) is 12.6. The quantitative estimate of drug-likeness (QED) is 0.503. The van der Waals surface area contributed by atoms with Crippen molar-refractivity contribution in [3.63, 3.8) is 0 Å². The first-order valence-corrected chi connectivity index (χ1v) is 10.3. The van der Waals surface area contributed by atoms with E-state index in [0.717, 1.165) is 12.8 Å².